The van der Waals surface area contributed by atoms with Gasteiger partial charge in [0.15, 0.2) is 17.9 Å². The summed E-state index contributed by atoms with van der Waals surface area (Å²) < 4.78 is 14.7. The van der Waals surface area contributed by atoms with E-state index in [9.17, 15) is 28.8 Å². The molecule has 158 valence electrons. The normalized spacial score (nSPS) is 11.1. The highest BCUT2D eigenvalue weighted by Crippen LogP contribution is 2.37. The Morgan fingerprint density at radius 2 is 1.68 bits per heavy atom. The summed E-state index contributed by atoms with van der Waals surface area (Å²) in [5.41, 5.74) is 5.37. The average molecular weight is 420 g/mol. The third-order valence-electron chi connectivity index (χ3n) is 3.00. The van der Waals surface area contributed by atoms with Crippen LogP contribution in [0.3, 0.4) is 0 Å². The second-order valence-electron chi connectivity index (χ2n) is 5.52. The number of phosphoric acid groups is 1. The van der Waals surface area contributed by atoms with E-state index < -0.39 is 14.4 Å². The van der Waals surface area contributed by atoms with Crippen LogP contribution in [0.4, 0.5) is 0 Å². The predicted molar refractivity (Wildman–Crippen MR) is 98.6 cm³/mol. The predicted octanol–water partition coefficient (Wildman–Crippen LogP) is 0.604. The van der Waals surface area contributed by atoms with E-state index in [-0.39, 0.29) is 46.0 Å². The molecule has 12 heteroatoms. The van der Waals surface area contributed by atoms with Gasteiger partial charge in [0.2, 0.25) is 0 Å². The molecule has 0 saturated carbocycles. The number of carbonyl (C=O) groups excluding carboxylic acids is 4. The third kappa shape index (κ3) is 13.0. The monoisotopic (exact) mass is 420 g/mol. The number of nitrogens with zero attached hydrogens (tertiary/aromatic N) is 1. The van der Waals surface area contributed by atoms with Crippen LogP contribution in [-0.4, -0.2) is 49.6 Å². The van der Waals surface area contributed by atoms with Crippen LogP contribution in [0, 0.1) is 6.92 Å². The van der Waals surface area contributed by atoms with Gasteiger partial charge in [-0.05, 0) is 20.8 Å². The Labute approximate surface area is 162 Å². The molecular weight excluding hydrogens is 395 g/mol. The summed E-state index contributed by atoms with van der Waals surface area (Å²) in [5, 5.41) is 9.46. The van der Waals surface area contributed by atoms with E-state index in [1.165, 1.54) is 33.9 Å². The molecule has 1 aromatic heterocycles. The molecule has 28 heavy (non-hydrogen) atoms. The van der Waals surface area contributed by atoms with E-state index in [1.54, 1.807) is 6.92 Å². The molecule has 1 aromatic rings. The lowest BCUT2D eigenvalue weighted by Gasteiger charge is -2.09. The van der Waals surface area contributed by atoms with Crippen LogP contribution in [0.15, 0.2) is 6.20 Å². The third-order valence-corrected chi connectivity index (χ3v) is 3.47. The van der Waals surface area contributed by atoms with Gasteiger partial charge in [-0.15, -0.1) is 0 Å². The Bertz CT molecular complexity index is 745. The number of aromatic nitrogens is 1. The van der Waals surface area contributed by atoms with Gasteiger partial charge in [0.1, 0.15) is 11.5 Å². The molecule has 0 amide bonds. The summed E-state index contributed by atoms with van der Waals surface area (Å²) in [7, 11) is -4.61. The van der Waals surface area contributed by atoms with Gasteiger partial charge in [0.05, 0.1) is 23.9 Å². The number of Topliss-reactive ketones (excluding diaryl/α,β-unsaturated/α-hetero) is 3. The highest BCUT2D eigenvalue weighted by molar-refractivity contribution is 7.46. The van der Waals surface area contributed by atoms with E-state index in [2.05, 4.69) is 9.51 Å². The van der Waals surface area contributed by atoms with Crippen LogP contribution in [0.2, 0.25) is 0 Å². The SMILES string of the molecule is CC(=O)C(C)=O.CC(=O)C(C)N.Cc1ncc(COP(=O)(O)O)c(C=O)c1O. The van der Waals surface area contributed by atoms with Crippen molar-refractivity contribution < 1.29 is 43.2 Å². The van der Waals surface area contributed by atoms with Crippen molar-refractivity contribution >= 4 is 31.5 Å². The number of phosphoric ester groups is 1. The molecule has 0 spiro atoms. The molecule has 0 radical (unpaired) electrons. The summed E-state index contributed by atoms with van der Waals surface area (Å²) in [5.74, 6) is -1.04. The number of nitrogens with two attached hydrogens (primary N) is 1. The number of hydrogen-bond donors (Lipinski definition) is 4. The van der Waals surface area contributed by atoms with Gasteiger partial charge in [0.25, 0.3) is 0 Å². The zero-order valence-corrected chi connectivity index (χ0v) is 17.1. The van der Waals surface area contributed by atoms with Crippen LogP contribution in [0.1, 0.15) is 49.3 Å². The van der Waals surface area contributed by atoms with Gasteiger partial charge in [-0.1, -0.05) is 0 Å². The lowest BCUT2D eigenvalue weighted by Crippen LogP contribution is -2.23. The van der Waals surface area contributed by atoms with Crippen molar-refractivity contribution in [2.45, 2.75) is 47.3 Å². The molecule has 1 atom stereocenters. The van der Waals surface area contributed by atoms with Gasteiger partial charge in [-0.3, -0.25) is 28.7 Å². The molecule has 0 aromatic carbocycles. The van der Waals surface area contributed by atoms with Crippen molar-refractivity contribution in [2.75, 3.05) is 0 Å². The van der Waals surface area contributed by atoms with Gasteiger partial charge < -0.3 is 20.6 Å². The van der Waals surface area contributed by atoms with Gasteiger partial charge >= 0.3 is 7.82 Å². The standard InChI is InChI=1S/C8H10NO6P.C4H9NO.C4H6O2/c1-5-8(11)7(3-10)6(2-9-5)4-15-16(12,13)14;2*1-3(5)4(2)6/h2-3,11H,4H2,1H3,(H2,12,13,14);3H,5H2,1-2H3;1-2H3. The first-order chi connectivity index (χ1) is 12.6. The number of rotatable bonds is 6. The van der Waals surface area contributed by atoms with Crippen LogP contribution >= 0.6 is 7.82 Å². The smallest absolute Gasteiger partial charge is 0.469 e. The van der Waals surface area contributed by atoms with Crippen molar-refractivity contribution in [3.8, 4) is 5.75 Å². The van der Waals surface area contributed by atoms with Crippen molar-refractivity contribution in [3.05, 3.63) is 23.0 Å². The number of pyridine rings is 1. The Morgan fingerprint density at radius 3 is 1.96 bits per heavy atom. The highest BCUT2D eigenvalue weighted by Gasteiger charge is 2.17. The largest absolute Gasteiger partial charge is 0.505 e. The number of aryl methyl sites for hydroxylation is 1. The minimum Gasteiger partial charge on any atom is -0.505 e. The topological polar surface area (TPSA) is 194 Å². The zero-order chi connectivity index (χ0) is 22.7. The first kappa shape index (κ1) is 27.9. The molecule has 11 nitrogen and oxygen atoms in total. The Balaban J connectivity index is 0. The fraction of sp³-hybridized carbons (Fsp3) is 0.438. The molecule has 0 fully saturated rings. The summed E-state index contributed by atoms with van der Waals surface area (Å²) in [6, 6.07) is -0.287. The number of aldehydes is 1. The van der Waals surface area contributed by atoms with Crippen LogP contribution in [-0.2, 0) is 30.1 Å². The first-order valence-corrected chi connectivity index (χ1v) is 9.27. The second-order valence-corrected chi connectivity index (χ2v) is 6.76. The van der Waals surface area contributed by atoms with Crippen LogP contribution in [0.5, 0.6) is 5.75 Å². The summed E-state index contributed by atoms with van der Waals surface area (Å²) in [4.78, 5) is 61.0. The van der Waals surface area contributed by atoms with Crippen LogP contribution in [0.25, 0.3) is 0 Å². The van der Waals surface area contributed by atoms with Gasteiger partial charge in [-0.2, -0.15) is 0 Å². The Morgan fingerprint density at radius 1 is 1.25 bits per heavy atom. The lowest BCUT2D eigenvalue weighted by molar-refractivity contribution is -0.134. The Kier molecular flexibility index (Phi) is 12.9. The van der Waals surface area contributed by atoms with Crippen molar-refractivity contribution in [2.24, 2.45) is 5.73 Å². The van der Waals surface area contributed by atoms with E-state index in [0.29, 0.717) is 6.29 Å². The number of ketones is 3. The molecule has 0 bridgehead atoms. The quantitative estimate of drug-likeness (QED) is 0.286. The van der Waals surface area contributed by atoms with E-state index in [1.807, 2.05) is 0 Å². The molecule has 0 saturated heterocycles. The van der Waals surface area contributed by atoms with E-state index in [4.69, 9.17) is 15.5 Å². The molecule has 0 aliphatic rings. The molecule has 1 rings (SSSR count). The number of carbonyl (C=O) groups is 4. The van der Waals surface area contributed by atoms with Gasteiger partial charge in [0, 0.05) is 25.6 Å². The zero-order valence-electron chi connectivity index (χ0n) is 16.2. The molecule has 0 aliphatic heterocycles. The second kappa shape index (κ2) is 13.0. The summed E-state index contributed by atoms with van der Waals surface area (Å²) in [6.07, 6.45) is 1.59. The maximum Gasteiger partial charge on any atom is 0.469 e. The number of aromatic hydroxyl groups is 1. The lowest BCUT2D eigenvalue weighted by atomic mass is 10.1. The molecule has 0 aliphatic carbocycles. The van der Waals surface area contributed by atoms with Crippen molar-refractivity contribution in [3.63, 3.8) is 0 Å². The first-order valence-electron chi connectivity index (χ1n) is 7.74. The van der Waals surface area contributed by atoms with Crippen molar-refractivity contribution in [1.29, 1.82) is 0 Å². The summed E-state index contributed by atoms with van der Waals surface area (Å²) >= 11 is 0. The minimum atomic E-state index is -4.61. The maximum atomic E-state index is 10.7. The maximum absolute atomic E-state index is 10.7. The fourth-order valence-corrected chi connectivity index (χ4v) is 1.36. The Hall–Kier alpha value is -2.30. The summed E-state index contributed by atoms with van der Waals surface area (Å²) in [6.45, 7) is 6.65. The van der Waals surface area contributed by atoms with Gasteiger partial charge in [-0.25, -0.2) is 4.57 Å². The molecular formula is C16H25N2O9P. The van der Waals surface area contributed by atoms with Crippen molar-refractivity contribution in [1.82, 2.24) is 4.98 Å². The minimum absolute atomic E-state index is 0.0370. The molecule has 1 heterocycles. The fourth-order valence-electron chi connectivity index (χ4n) is 1.05. The molecule has 1 unspecified atom stereocenters. The molecule has 5 N–H and O–H groups in total. The highest BCUT2D eigenvalue weighted by atomic mass is 31.2. The van der Waals surface area contributed by atoms with Crippen LogP contribution < -0.4 is 5.73 Å². The van der Waals surface area contributed by atoms with E-state index in [0.717, 1.165) is 0 Å². The average Bonchev–Trinajstić information content (AvgIpc) is 2.56. The number of hydrogen-bond acceptors (Lipinski definition) is 9. The van der Waals surface area contributed by atoms with E-state index >= 15 is 0 Å².